The summed E-state index contributed by atoms with van der Waals surface area (Å²) in [4.78, 5) is 58.3. The molecular formula is C36H43N7O5. The van der Waals surface area contributed by atoms with Crippen LogP contribution in [0.15, 0.2) is 36.4 Å². The monoisotopic (exact) mass is 653 g/mol. The van der Waals surface area contributed by atoms with Gasteiger partial charge in [-0.05, 0) is 73.9 Å². The second-order valence-electron chi connectivity index (χ2n) is 13.4. The van der Waals surface area contributed by atoms with E-state index in [1.807, 2.05) is 64.1 Å². The van der Waals surface area contributed by atoms with E-state index >= 15 is 0 Å². The largest absolute Gasteiger partial charge is 0.453 e. The fraction of sp³-hybridized carbons (Fsp3) is 0.472. The van der Waals surface area contributed by atoms with Gasteiger partial charge in [0.1, 0.15) is 23.8 Å². The summed E-state index contributed by atoms with van der Waals surface area (Å²) in [5, 5.41) is 13.1. The molecule has 3 amide bonds. The number of nitrogens with zero attached hydrogens (tertiary/aromatic N) is 4. The number of rotatable bonds is 7. The Hall–Kier alpha value is -4.89. The lowest BCUT2D eigenvalue weighted by molar-refractivity contribution is -0.143. The van der Waals surface area contributed by atoms with Gasteiger partial charge in [0.05, 0.1) is 41.3 Å². The first-order valence-corrected chi connectivity index (χ1v) is 16.7. The molecule has 2 aromatic carbocycles. The molecule has 0 bridgehead atoms. The molecule has 0 saturated carbocycles. The lowest BCUT2D eigenvalue weighted by Gasteiger charge is -2.29. The van der Waals surface area contributed by atoms with E-state index in [0.29, 0.717) is 18.9 Å². The number of carbonyl (C=O) groups excluding carboxylic acids is 3. The van der Waals surface area contributed by atoms with E-state index in [0.717, 1.165) is 64.7 Å². The highest BCUT2D eigenvalue weighted by molar-refractivity contribution is 5.87. The molecule has 48 heavy (non-hydrogen) atoms. The number of methoxy groups -OCH3 is 1. The molecule has 252 valence electrons. The van der Waals surface area contributed by atoms with Crippen molar-refractivity contribution in [3.63, 3.8) is 0 Å². The topological polar surface area (TPSA) is 157 Å². The molecule has 0 radical (unpaired) electrons. The quantitative estimate of drug-likeness (QED) is 0.213. The molecule has 4 aromatic rings. The zero-order valence-corrected chi connectivity index (χ0v) is 28.0. The van der Waals surface area contributed by atoms with Gasteiger partial charge < -0.3 is 34.9 Å². The third-order valence-electron chi connectivity index (χ3n) is 9.33. The van der Waals surface area contributed by atoms with Crippen LogP contribution < -0.4 is 5.32 Å². The van der Waals surface area contributed by atoms with Gasteiger partial charge in [-0.1, -0.05) is 39.5 Å². The normalized spacial score (nSPS) is 19.2. The minimum Gasteiger partial charge on any atom is -0.453 e. The minimum absolute atomic E-state index is 0.108. The van der Waals surface area contributed by atoms with E-state index in [-0.39, 0.29) is 35.7 Å². The maximum absolute atomic E-state index is 13.5. The van der Waals surface area contributed by atoms with Crippen LogP contribution in [0.1, 0.15) is 88.2 Å². The number of hydrogen-bond donors (Lipinski definition) is 4. The highest BCUT2D eigenvalue weighted by Gasteiger charge is 2.38. The summed E-state index contributed by atoms with van der Waals surface area (Å²) in [7, 11) is 1.29. The molecule has 2 aromatic heterocycles. The summed E-state index contributed by atoms with van der Waals surface area (Å²) in [6, 6.07) is 10.5. The van der Waals surface area contributed by atoms with Crippen LogP contribution in [-0.2, 0) is 14.3 Å². The van der Waals surface area contributed by atoms with Gasteiger partial charge in [0, 0.05) is 24.2 Å². The fourth-order valence-corrected chi connectivity index (χ4v) is 6.63. The number of aromatic nitrogens is 4. The lowest BCUT2D eigenvalue weighted by atomic mass is 10.0. The van der Waals surface area contributed by atoms with Gasteiger partial charge in [-0.2, -0.15) is 0 Å². The number of likely N-dealkylation sites (tertiary alicyclic amines) is 2. The number of amides is 3. The number of hydrogen-bond acceptors (Lipinski definition) is 7. The van der Waals surface area contributed by atoms with Crippen molar-refractivity contribution in [2.75, 3.05) is 20.2 Å². The Balaban J connectivity index is 1.18. The molecule has 0 aliphatic carbocycles. The zero-order chi connectivity index (χ0) is 34.1. The molecule has 0 spiro atoms. The summed E-state index contributed by atoms with van der Waals surface area (Å²) in [5.41, 5.74) is 4.87. The van der Waals surface area contributed by atoms with Crippen molar-refractivity contribution < 1.29 is 24.2 Å². The molecule has 2 fully saturated rings. The summed E-state index contributed by atoms with van der Waals surface area (Å²) >= 11 is 0. The Kier molecular flexibility index (Phi) is 9.42. The summed E-state index contributed by atoms with van der Waals surface area (Å²) < 4.78 is 4.74. The van der Waals surface area contributed by atoms with E-state index in [2.05, 4.69) is 27.1 Å². The van der Waals surface area contributed by atoms with Gasteiger partial charge in [-0.3, -0.25) is 9.59 Å². The zero-order valence-electron chi connectivity index (χ0n) is 28.0. The molecule has 2 aliphatic heterocycles. The van der Waals surface area contributed by atoms with Gasteiger partial charge in [0.15, 0.2) is 0 Å². The number of fused-ring (bicyclic) bond motifs is 2. The third kappa shape index (κ3) is 6.60. The predicted molar refractivity (Wildman–Crippen MR) is 181 cm³/mol. The summed E-state index contributed by atoms with van der Waals surface area (Å²) in [6.45, 7) is 8.66. The lowest BCUT2D eigenvalue weighted by Crippen LogP contribution is -2.51. The maximum Gasteiger partial charge on any atom is 0.407 e. The van der Waals surface area contributed by atoms with Crippen LogP contribution in [0.25, 0.3) is 22.1 Å². The number of alkyl carbamates (subject to hydrolysis) is 1. The Morgan fingerprint density at radius 1 is 0.833 bits per heavy atom. The smallest absolute Gasteiger partial charge is 0.407 e. The number of aliphatic hydroxyl groups excluding tert-OH is 1. The Morgan fingerprint density at radius 3 is 2.04 bits per heavy atom. The molecule has 2 aliphatic rings. The van der Waals surface area contributed by atoms with Gasteiger partial charge >= 0.3 is 6.09 Å². The van der Waals surface area contributed by atoms with Crippen LogP contribution >= 0.6 is 0 Å². The first-order chi connectivity index (χ1) is 23.0. The molecule has 4 heterocycles. The number of benzene rings is 2. The highest BCUT2D eigenvalue weighted by atomic mass is 16.5. The van der Waals surface area contributed by atoms with Crippen molar-refractivity contribution in [3.05, 3.63) is 59.2 Å². The number of aromatic amines is 2. The van der Waals surface area contributed by atoms with Gasteiger partial charge in [-0.15, -0.1) is 0 Å². The molecule has 0 unspecified atom stereocenters. The Morgan fingerprint density at radius 2 is 1.42 bits per heavy atom. The van der Waals surface area contributed by atoms with Crippen molar-refractivity contribution in [3.8, 4) is 11.8 Å². The molecular weight excluding hydrogens is 610 g/mol. The van der Waals surface area contributed by atoms with E-state index in [1.54, 1.807) is 9.80 Å². The number of nitrogens with one attached hydrogen (secondary N) is 3. The average Bonchev–Trinajstić information content (AvgIpc) is 3.89. The van der Waals surface area contributed by atoms with Crippen molar-refractivity contribution in [2.45, 2.75) is 77.6 Å². The summed E-state index contributed by atoms with van der Waals surface area (Å²) in [5.74, 6) is 7.27. The Bertz CT molecular complexity index is 1900. The average molecular weight is 654 g/mol. The van der Waals surface area contributed by atoms with Crippen molar-refractivity contribution in [1.82, 2.24) is 35.1 Å². The Labute approximate surface area is 279 Å². The second kappa shape index (κ2) is 13.7. The standard InChI is InChI=1S/C36H43N7O5/c1-20(2)30(41-36(47)48-5)34(45)42-16-6-8-28(42)32-37-24-14-12-22(18-26(24)39-32)10-11-23-13-15-25-27(19-23)40-33(38-25)29-9-7-17-43(29)35(46)31(44)21(3)4/h12-15,18-21,28-31,44H,6-9,16-17H2,1-5H3,(H,37,39)(H,38,40)(H,41,47)/t28-,29-,30-,31-/m0/s1. The van der Waals surface area contributed by atoms with Crippen LogP contribution in [0.4, 0.5) is 4.79 Å². The van der Waals surface area contributed by atoms with Crippen LogP contribution in [0, 0.1) is 23.7 Å². The molecule has 4 atom stereocenters. The maximum atomic E-state index is 13.5. The molecule has 12 heteroatoms. The van der Waals surface area contributed by atoms with E-state index in [4.69, 9.17) is 14.7 Å². The van der Waals surface area contributed by atoms with Crippen LogP contribution in [0.2, 0.25) is 0 Å². The minimum atomic E-state index is -1.02. The first-order valence-electron chi connectivity index (χ1n) is 16.7. The van der Waals surface area contributed by atoms with Crippen LogP contribution in [0.3, 0.4) is 0 Å². The number of imidazole rings is 2. The molecule has 6 rings (SSSR count). The van der Waals surface area contributed by atoms with Gasteiger partial charge in [-0.25, -0.2) is 14.8 Å². The number of aliphatic hydroxyl groups is 1. The molecule has 12 nitrogen and oxygen atoms in total. The second-order valence-corrected chi connectivity index (χ2v) is 13.4. The molecule has 4 N–H and O–H groups in total. The molecule has 2 saturated heterocycles. The number of H-pyrrole nitrogens is 2. The predicted octanol–water partition coefficient (Wildman–Crippen LogP) is 4.56. The van der Waals surface area contributed by atoms with Gasteiger partial charge in [0.25, 0.3) is 5.91 Å². The SMILES string of the molecule is COC(=O)N[C@H](C(=O)N1CCC[C@H]1c1nc2cc(C#Cc3ccc4nc([C@@H]5CCCN5C(=O)[C@@H](O)C(C)C)[nH]c4c3)ccc2[nH]1)C(C)C. The van der Waals surface area contributed by atoms with E-state index < -0.39 is 18.2 Å². The summed E-state index contributed by atoms with van der Waals surface area (Å²) in [6.07, 6.45) is 1.62. The van der Waals surface area contributed by atoms with Crippen molar-refractivity contribution >= 4 is 40.0 Å². The van der Waals surface area contributed by atoms with Crippen LogP contribution in [0.5, 0.6) is 0 Å². The van der Waals surface area contributed by atoms with Crippen molar-refractivity contribution in [2.24, 2.45) is 11.8 Å². The number of ether oxygens (including phenoxy) is 1. The van der Waals surface area contributed by atoms with E-state index in [9.17, 15) is 19.5 Å². The van der Waals surface area contributed by atoms with Crippen molar-refractivity contribution in [1.29, 1.82) is 0 Å². The fourth-order valence-electron chi connectivity index (χ4n) is 6.63. The number of carbonyl (C=O) groups is 3. The van der Waals surface area contributed by atoms with Gasteiger partial charge in [0.2, 0.25) is 5.91 Å². The van der Waals surface area contributed by atoms with Crippen LogP contribution in [-0.4, -0.2) is 85.1 Å². The highest BCUT2D eigenvalue weighted by Crippen LogP contribution is 2.34. The van der Waals surface area contributed by atoms with E-state index in [1.165, 1.54) is 7.11 Å². The first kappa shape index (κ1) is 33.0. The third-order valence-corrected chi connectivity index (χ3v) is 9.33.